The van der Waals surface area contributed by atoms with Crippen molar-refractivity contribution < 1.29 is 9.59 Å². The summed E-state index contributed by atoms with van der Waals surface area (Å²) < 4.78 is 0. The molecule has 4 heteroatoms. The highest BCUT2D eigenvalue weighted by Gasteiger charge is 2.18. The lowest BCUT2D eigenvalue weighted by molar-refractivity contribution is -0.113. The Hall–Kier alpha value is -3.66. The van der Waals surface area contributed by atoms with Gasteiger partial charge in [-0.2, -0.15) is 0 Å². The van der Waals surface area contributed by atoms with E-state index in [0.717, 1.165) is 11.1 Å². The molecule has 28 heavy (non-hydrogen) atoms. The first-order chi connectivity index (χ1) is 13.5. The van der Waals surface area contributed by atoms with Crippen molar-refractivity contribution in [3.63, 3.8) is 0 Å². The quantitative estimate of drug-likeness (QED) is 0.634. The van der Waals surface area contributed by atoms with E-state index >= 15 is 0 Å². The van der Waals surface area contributed by atoms with Gasteiger partial charge < -0.3 is 10.6 Å². The number of carbonyl (C=O) groups is 2. The second kappa shape index (κ2) is 8.82. The molecule has 0 heterocycles. The maximum atomic E-state index is 13.0. The first kappa shape index (κ1) is 19.1. The van der Waals surface area contributed by atoms with Gasteiger partial charge in [-0.15, -0.1) is 0 Å². The highest BCUT2D eigenvalue weighted by molar-refractivity contribution is 6.12. The summed E-state index contributed by atoms with van der Waals surface area (Å²) in [7, 11) is 0. The summed E-state index contributed by atoms with van der Waals surface area (Å²) in [4.78, 5) is 25.7. The van der Waals surface area contributed by atoms with Gasteiger partial charge in [0.15, 0.2) is 0 Å². The van der Waals surface area contributed by atoms with Crippen LogP contribution in [0.25, 0.3) is 5.57 Å². The molecule has 140 valence electrons. The molecule has 0 radical (unpaired) electrons. The number of hydrogen-bond acceptors (Lipinski definition) is 2. The van der Waals surface area contributed by atoms with Gasteiger partial charge in [0, 0.05) is 11.3 Å². The standard InChI is InChI=1S/C24H22N2O2/c1-17-13-15-21(16-14-17)25-24(28)22(18(2)19-9-5-3-6-10-19)26-23(27)20-11-7-4-8-12-20/h3-16H,1-2H3,(H,25,28)(H,26,27)/b22-18-. The first-order valence-electron chi connectivity index (χ1n) is 9.05. The minimum atomic E-state index is -0.366. The van der Waals surface area contributed by atoms with Crippen LogP contribution >= 0.6 is 0 Å². The molecule has 2 amide bonds. The minimum Gasteiger partial charge on any atom is -0.321 e. The number of allylic oxidation sites excluding steroid dienone is 1. The van der Waals surface area contributed by atoms with Gasteiger partial charge in [0.25, 0.3) is 11.8 Å². The smallest absolute Gasteiger partial charge is 0.272 e. The van der Waals surface area contributed by atoms with Crippen molar-refractivity contribution in [3.05, 3.63) is 107 Å². The van der Waals surface area contributed by atoms with E-state index in [1.165, 1.54) is 0 Å². The van der Waals surface area contributed by atoms with E-state index in [2.05, 4.69) is 10.6 Å². The fourth-order valence-corrected chi connectivity index (χ4v) is 2.76. The molecule has 0 aromatic heterocycles. The van der Waals surface area contributed by atoms with E-state index in [4.69, 9.17) is 0 Å². The third kappa shape index (κ3) is 4.74. The number of aryl methyl sites for hydroxylation is 1. The van der Waals surface area contributed by atoms with Gasteiger partial charge in [-0.05, 0) is 49.2 Å². The van der Waals surface area contributed by atoms with Crippen molar-refractivity contribution in [3.8, 4) is 0 Å². The molecule has 0 bridgehead atoms. The number of anilines is 1. The third-order valence-electron chi connectivity index (χ3n) is 4.39. The average molecular weight is 370 g/mol. The molecule has 0 atom stereocenters. The Bertz CT molecular complexity index is 992. The van der Waals surface area contributed by atoms with E-state index < -0.39 is 0 Å². The van der Waals surface area contributed by atoms with Crippen LogP contribution < -0.4 is 10.6 Å². The second-order valence-corrected chi connectivity index (χ2v) is 6.51. The van der Waals surface area contributed by atoms with Crippen LogP contribution in [-0.4, -0.2) is 11.8 Å². The number of benzene rings is 3. The molecular weight excluding hydrogens is 348 g/mol. The third-order valence-corrected chi connectivity index (χ3v) is 4.39. The van der Waals surface area contributed by atoms with Gasteiger partial charge in [0.2, 0.25) is 0 Å². The molecule has 0 aliphatic rings. The average Bonchev–Trinajstić information content (AvgIpc) is 2.74. The fourth-order valence-electron chi connectivity index (χ4n) is 2.76. The van der Waals surface area contributed by atoms with Crippen LogP contribution in [-0.2, 0) is 4.79 Å². The number of nitrogens with one attached hydrogen (secondary N) is 2. The maximum Gasteiger partial charge on any atom is 0.272 e. The van der Waals surface area contributed by atoms with Gasteiger partial charge >= 0.3 is 0 Å². The van der Waals surface area contributed by atoms with Gasteiger partial charge in [0.05, 0.1) is 0 Å². The molecule has 0 aliphatic carbocycles. The Morgan fingerprint density at radius 2 is 1.25 bits per heavy atom. The summed E-state index contributed by atoms with van der Waals surface area (Å²) in [5.74, 6) is -0.695. The lowest BCUT2D eigenvalue weighted by Gasteiger charge is -2.15. The van der Waals surface area contributed by atoms with Gasteiger partial charge in [-0.1, -0.05) is 66.2 Å². The molecule has 0 unspecified atom stereocenters. The normalized spacial score (nSPS) is 11.4. The monoisotopic (exact) mass is 370 g/mol. The van der Waals surface area contributed by atoms with Crippen molar-refractivity contribution in [1.82, 2.24) is 5.32 Å². The molecule has 0 saturated heterocycles. The largest absolute Gasteiger partial charge is 0.321 e. The summed E-state index contributed by atoms with van der Waals surface area (Å²) in [5, 5.41) is 5.66. The highest BCUT2D eigenvalue weighted by Crippen LogP contribution is 2.19. The predicted octanol–water partition coefficient (Wildman–Crippen LogP) is 4.79. The van der Waals surface area contributed by atoms with Crippen molar-refractivity contribution >= 4 is 23.1 Å². The van der Waals surface area contributed by atoms with Crippen molar-refractivity contribution in [2.24, 2.45) is 0 Å². The predicted molar refractivity (Wildman–Crippen MR) is 113 cm³/mol. The molecule has 2 N–H and O–H groups in total. The number of amides is 2. The number of rotatable bonds is 5. The van der Waals surface area contributed by atoms with Gasteiger partial charge in [0.1, 0.15) is 5.70 Å². The Labute approximate surface area is 164 Å². The molecule has 3 rings (SSSR count). The molecule has 0 spiro atoms. The molecule has 3 aromatic carbocycles. The fraction of sp³-hybridized carbons (Fsp3) is 0.0833. The summed E-state index contributed by atoms with van der Waals surface area (Å²) in [6.07, 6.45) is 0. The second-order valence-electron chi connectivity index (χ2n) is 6.51. The summed E-state index contributed by atoms with van der Waals surface area (Å²) in [6.45, 7) is 3.81. The van der Waals surface area contributed by atoms with Crippen LogP contribution in [0.15, 0.2) is 90.6 Å². The van der Waals surface area contributed by atoms with E-state index in [0.29, 0.717) is 16.8 Å². The van der Waals surface area contributed by atoms with Crippen LogP contribution in [0.1, 0.15) is 28.4 Å². The minimum absolute atomic E-state index is 0.223. The van der Waals surface area contributed by atoms with Gasteiger partial charge in [-0.3, -0.25) is 9.59 Å². The zero-order valence-electron chi connectivity index (χ0n) is 15.9. The molecule has 4 nitrogen and oxygen atoms in total. The number of hydrogen-bond donors (Lipinski definition) is 2. The molecule has 3 aromatic rings. The van der Waals surface area contributed by atoms with Crippen LogP contribution in [0.4, 0.5) is 5.69 Å². The van der Waals surface area contributed by atoms with Crippen LogP contribution in [0.3, 0.4) is 0 Å². The Morgan fingerprint density at radius 3 is 1.82 bits per heavy atom. The first-order valence-corrected chi connectivity index (χ1v) is 9.05. The van der Waals surface area contributed by atoms with Crippen molar-refractivity contribution in [1.29, 1.82) is 0 Å². The maximum absolute atomic E-state index is 13.0. The zero-order chi connectivity index (χ0) is 19.9. The molecule has 0 aliphatic heterocycles. The molecule has 0 fully saturated rings. The summed E-state index contributed by atoms with van der Waals surface area (Å²) in [6, 6.07) is 25.9. The Balaban J connectivity index is 1.93. The molecule has 0 saturated carbocycles. The lowest BCUT2D eigenvalue weighted by atomic mass is 10.0. The van der Waals surface area contributed by atoms with E-state index in [9.17, 15) is 9.59 Å². The van der Waals surface area contributed by atoms with E-state index in [1.807, 2.05) is 74.5 Å². The van der Waals surface area contributed by atoms with Crippen LogP contribution in [0.2, 0.25) is 0 Å². The van der Waals surface area contributed by atoms with Crippen LogP contribution in [0.5, 0.6) is 0 Å². The Morgan fingerprint density at radius 1 is 0.714 bits per heavy atom. The van der Waals surface area contributed by atoms with Crippen molar-refractivity contribution in [2.75, 3.05) is 5.32 Å². The SMILES string of the molecule is C/C(=C(/NC(=O)c1ccccc1)C(=O)Nc1ccc(C)cc1)c1ccccc1. The highest BCUT2D eigenvalue weighted by atomic mass is 16.2. The topological polar surface area (TPSA) is 58.2 Å². The Kier molecular flexibility index (Phi) is 6.02. The van der Waals surface area contributed by atoms with Crippen LogP contribution in [0, 0.1) is 6.92 Å². The van der Waals surface area contributed by atoms with Gasteiger partial charge in [-0.25, -0.2) is 0 Å². The van der Waals surface area contributed by atoms with Crippen molar-refractivity contribution in [2.45, 2.75) is 13.8 Å². The lowest BCUT2D eigenvalue weighted by Crippen LogP contribution is -2.31. The zero-order valence-corrected chi connectivity index (χ0v) is 15.9. The van der Waals surface area contributed by atoms with E-state index in [1.54, 1.807) is 24.3 Å². The molecular formula is C24H22N2O2. The summed E-state index contributed by atoms with van der Waals surface area (Å²) >= 11 is 0. The summed E-state index contributed by atoms with van der Waals surface area (Å²) in [5.41, 5.74) is 4.04. The number of carbonyl (C=O) groups excluding carboxylic acids is 2. The van der Waals surface area contributed by atoms with E-state index in [-0.39, 0.29) is 17.5 Å².